The SMILES string of the molecule is CCCNC1COCC1C(=O)CCS(=O)(=O)C(C)(C)C. The van der Waals surface area contributed by atoms with Crippen LogP contribution in [0.1, 0.15) is 40.5 Å². The van der Waals surface area contributed by atoms with Crippen LogP contribution in [0, 0.1) is 5.92 Å². The van der Waals surface area contributed by atoms with Gasteiger partial charge in [0.05, 0.1) is 29.6 Å². The van der Waals surface area contributed by atoms with Gasteiger partial charge in [0.15, 0.2) is 9.84 Å². The number of ether oxygens (including phenoxy) is 1. The molecule has 0 aromatic heterocycles. The molecule has 1 rings (SSSR count). The van der Waals surface area contributed by atoms with Crippen molar-refractivity contribution in [2.45, 2.75) is 51.3 Å². The molecule has 0 saturated carbocycles. The summed E-state index contributed by atoms with van der Waals surface area (Å²) in [6.07, 6.45) is 1.08. The molecule has 118 valence electrons. The smallest absolute Gasteiger partial charge is 0.155 e. The van der Waals surface area contributed by atoms with Gasteiger partial charge in [0.2, 0.25) is 0 Å². The van der Waals surface area contributed by atoms with Crippen molar-refractivity contribution in [2.75, 3.05) is 25.5 Å². The van der Waals surface area contributed by atoms with E-state index in [-0.39, 0.29) is 29.9 Å². The molecule has 1 heterocycles. The summed E-state index contributed by atoms with van der Waals surface area (Å²) in [4.78, 5) is 12.2. The minimum Gasteiger partial charge on any atom is -0.379 e. The highest BCUT2D eigenvalue weighted by molar-refractivity contribution is 7.92. The molecule has 2 atom stereocenters. The van der Waals surface area contributed by atoms with Crippen LogP contribution in [0.5, 0.6) is 0 Å². The summed E-state index contributed by atoms with van der Waals surface area (Å²) in [5, 5.41) is 3.29. The number of nitrogens with one attached hydrogen (secondary N) is 1. The van der Waals surface area contributed by atoms with Crippen LogP contribution in [0.3, 0.4) is 0 Å². The van der Waals surface area contributed by atoms with Gasteiger partial charge in [-0.25, -0.2) is 8.42 Å². The van der Waals surface area contributed by atoms with E-state index in [2.05, 4.69) is 12.2 Å². The van der Waals surface area contributed by atoms with Crippen molar-refractivity contribution in [3.63, 3.8) is 0 Å². The molecular weight excluding hydrogens is 278 g/mol. The molecule has 0 aromatic rings. The normalized spacial score (nSPS) is 24.0. The number of hydrogen-bond acceptors (Lipinski definition) is 5. The largest absolute Gasteiger partial charge is 0.379 e. The lowest BCUT2D eigenvalue weighted by Crippen LogP contribution is -2.40. The predicted molar refractivity (Wildman–Crippen MR) is 79.6 cm³/mol. The minimum atomic E-state index is -3.24. The van der Waals surface area contributed by atoms with Gasteiger partial charge in [-0.05, 0) is 33.7 Å². The van der Waals surface area contributed by atoms with Crippen LogP contribution >= 0.6 is 0 Å². The fourth-order valence-electron chi connectivity index (χ4n) is 2.13. The van der Waals surface area contributed by atoms with Crippen molar-refractivity contribution in [2.24, 2.45) is 5.92 Å². The maximum absolute atomic E-state index is 12.2. The van der Waals surface area contributed by atoms with Crippen molar-refractivity contribution in [1.29, 1.82) is 0 Å². The average Bonchev–Trinajstić information content (AvgIpc) is 2.80. The van der Waals surface area contributed by atoms with E-state index in [1.54, 1.807) is 20.8 Å². The topological polar surface area (TPSA) is 72.5 Å². The highest BCUT2D eigenvalue weighted by Crippen LogP contribution is 2.20. The second-order valence-corrected chi connectivity index (χ2v) is 9.21. The van der Waals surface area contributed by atoms with Crippen LogP contribution in [0.4, 0.5) is 0 Å². The van der Waals surface area contributed by atoms with Gasteiger partial charge < -0.3 is 10.1 Å². The van der Waals surface area contributed by atoms with Gasteiger partial charge in [0, 0.05) is 12.5 Å². The summed E-state index contributed by atoms with van der Waals surface area (Å²) in [5.41, 5.74) is 0. The molecule has 1 fully saturated rings. The molecule has 6 heteroatoms. The van der Waals surface area contributed by atoms with Crippen LogP contribution in [0.2, 0.25) is 0 Å². The first kappa shape index (κ1) is 17.6. The monoisotopic (exact) mass is 305 g/mol. The predicted octanol–water partition coefficient (Wildman–Crippen LogP) is 1.17. The van der Waals surface area contributed by atoms with Crippen molar-refractivity contribution >= 4 is 15.6 Å². The summed E-state index contributed by atoms with van der Waals surface area (Å²) < 4.78 is 28.6. The lowest BCUT2D eigenvalue weighted by atomic mass is 9.97. The van der Waals surface area contributed by atoms with E-state index in [0.29, 0.717) is 13.2 Å². The zero-order valence-electron chi connectivity index (χ0n) is 12.9. The summed E-state index contributed by atoms with van der Waals surface area (Å²) >= 11 is 0. The lowest BCUT2D eigenvalue weighted by molar-refractivity contribution is -0.122. The van der Waals surface area contributed by atoms with Crippen LogP contribution < -0.4 is 5.32 Å². The Labute approximate surface area is 122 Å². The number of hydrogen-bond donors (Lipinski definition) is 1. The van der Waals surface area contributed by atoms with Crippen molar-refractivity contribution in [3.05, 3.63) is 0 Å². The third-order valence-corrected chi connectivity index (χ3v) is 6.31. The van der Waals surface area contributed by atoms with E-state index < -0.39 is 14.6 Å². The molecule has 20 heavy (non-hydrogen) atoms. The van der Waals surface area contributed by atoms with Gasteiger partial charge in [-0.2, -0.15) is 0 Å². The number of rotatable bonds is 7. The van der Waals surface area contributed by atoms with Gasteiger partial charge in [0.25, 0.3) is 0 Å². The Kier molecular flexibility index (Phi) is 6.16. The summed E-state index contributed by atoms with van der Waals surface area (Å²) in [7, 11) is -3.24. The van der Waals surface area contributed by atoms with Crippen molar-refractivity contribution in [3.8, 4) is 0 Å². The molecular formula is C14H27NO4S. The quantitative estimate of drug-likeness (QED) is 0.764. The van der Waals surface area contributed by atoms with E-state index in [1.807, 2.05) is 0 Å². The molecule has 0 radical (unpaired) electrons. The number of carbonyl (C=O) groups is 1. The third kappa shape index (κ3) is 4.53. The number of Topliss-reactive ketones (excluding diaryl/α,β-unsaturated/α-hetero) is 1. The molecule has 5 nitrogen and oxygen atoms in total. The minimum absolute atomic E-state index is 0.0103. The van der Waals surface area contributed by atoms with E-state index >= 15 is 0 Å². The average molecular weight is 305 g/mol. The maximum atomic E-state index is 12.2. The van der Waals surface area contributed by atoms with Crippen LogP contribution in [0.25, 0.3) is 0 Å². The van der Waals surface area contributed by atoms with Crippen LogP contribution in [0.15, 0.2) is 0 Å². The van der Waals surface area contributed by atoms with E-state index in [1.165, 1.54) is 0 Å². The Balaban J connectivity index is 2.54. The Bertz CT molecular complexity index is 425. The van der Waals surface area contributed by atoms with Crippen LogP contribution in [-0.4, -0.2) is 50.5 Å². The zero-order chi connectivity index (χ0) is 15.4. The molecule has 0 bridgehead atoms. The van der Waals surface area contributed by atoms with Crippen LogP contribution in [-0.2, 0) is 19.4 Å². The lowest BCUT2D eigenvalue weighted by Gasteiger charge is -2.21. The van der Waals surface area contributed by atoms with Gasteiger partial charge >= 0.3 is 0 Å². The first-order valence-corrected chi connectivity index (χ1v) is 8.90. The second-order valence-electron chi connectivity index (χ2n) is 6.35. The number of ketones is 1. The summed E-state index contributed by atoms with van der Waals surface area (Å²) in [6, 6.07) is 0.0276. The number of sulfone groups is 1. The van der Waals surface area contributed by atoms with E-state index in [4.69, 9.17) is 4.74 Å². The van der Waals surface area contributed by atoms with E-state index in [9.17, 15) is 13.2 Å². The molecule has 1 saturated heterocycles. The Morgan fingerprint density at radius 3 is 2.50 bits per heavy atom. The summed E-state index contributed by atoms with van der Waals surface area (Å²) in [5.74, 6) is -0.299. The zero-order valence-corrected chi connectivity index (χ0v) is 13.8. The molecule has 0 amide bonds. The summed E-state index contributed by atoms with van der Waals surface area (Å²) in [6.45, 7) is 8.83. The third-order valence-electron chi connectivity index (χ3n) is 3.70. The molecule has 2 unspecified atom stereocenters. The standard InChI is InChI=1S/C14H27NO4S/c1-5-7-15-12-10-19-9-11(12)13(16)6-8-20(17,18)14(2,3)4/h11-12,15H,5-10H2,1-4H3. The van der Waals surface area contributed by atoms with Gasteiger partial charge in [-0.3, -0.25) is 4.79 Å². The van der Waals surface area contributed by atoms with Gasteiger partial charge in [0.1, 0.15) is 5.78 Å². The first-order chi connectivity index (χ1) is 9.19. The first-order valence-electron chi connectivity index (χ1n) is 7.25. The Hall–Kier alpha value is -0.460. The molecule has 1 aliphatic heterocycles. The highest BCUT2D eigenvalue weighted by Gasteiger charge is 2.35. The Morgan fingerprint density at radius 2 is 1.95 bits per heavy atom. The molecule has 0 spiro atoms. The second kappa shape index (κ2) is 7.00. The van der Waals surface area contributed by atoms with E-state index in [0.717, 1.165) is 13.0 Å². The van der Waals surface area contributed by atoms with Crippen molar-refractivity contribution in [1.82, 2.24) is 5.32 Å². The van der Waals surface area contributed by atoms with Crippen molar-refractivity contribution < 1.29 is 17.9 Å². The molecule has 0 aromatic carbocycles. The fraction of sp³-hybridized carbons (Fsp3) is 0.929. The molecule has 1 N–H and O–H groups in total. The van der Waals surface area contributed by atoms with Gasteiger partial charge in [-0.15, -0.1) is 0 Å². The molecule has 1 aliphatic rings. The molecule has 0 aliphatic carbocycles. The maximum Gasteiger partial charge on any atom is 0.155 e. The Morgan fingerprint density at radius 1 is 1.30 bits per heavy atom. The highest BCUT2D eigenvalue weighted by atomic mass is 32.2. The van der Waals surface area contributed by atoms with Gasteiger partial charge in [-0.1, -0.05) is 6.92 Å². The fourth-order valence-corrected chi connectivity index (χ4v) is 3.21. The number of carbonyl (C=O) groups excluding carboxylic acids is 1.